The third-order valence-corrected chi connectivity index (χ3v) is 2.72. The van der Waals surface area contributed by atoms with Crippen LogP contribution in [-0.4, -0.2) is 18.6 Å². The first-order valence-corrected chi connectivity index (χ1v) is 5.51. The Hall–Kier alpha value is -1.73. The zero-order valence-electron chi connectivity index (χ0n) is 7.49. The summed E-state index contributed by atoms with van der Waals surface area (Å²) in [5.74, 6) is 0.330. The lowest BCUT2D eigenvalue weighted by atomic mass is 10.2. The Morgan fingerprint density at radius 3 is 2.33 bits per heavy atom. The molecule has 2 N–H and O–H groups in total. The van der Waals surface area contributed by atoms with Gasteiger partial charge in [-0.05, 0) is 24.3 Å². The Morgan fingerprint density at radius 2 is 1.87 bits per heavy atom. The van der Waals surface area contributed by atoms with Gasteiger partial charge in [0.2, 0.25) is 22.3 Å². The van der Waals surface area contributed by atoms with Gasteiger partial charge >= 0.3 is 0 Å². The maximum atomic E-state index is 11.0. The van der Waals surface area contributed by atoms with Crippen molar-refractivity contribution in [2.45, 2.75) is 4.90 Å². The molecule has 0 aliphatic rings. The van der Waals surface area contributed by atoms with E-state index in [-0.39, 0.29) is 4.90 Å². The van der Waals surface area contributed by atoms with Crippen LogP contribution in [0.2, 0.25) is 0 Å². The number of rotatable bonds is 2. The predicted octanol–water partition coefficient (Wildman–Crippen LogP) is 0.384. The van der Waals surface area contributed by atoms with E-state index < -0.39 is 10.0 Å². The van der Waals surface area contributed by atoms with Crippen LogP contribution in [0.5, 0.6) is 0 Å². The molecule has 0 saturated carbocycles. The minimum atomic E-state index is -3.66. The van der Waals surface area contributed by atoms with Crippen molar-refractivity contribution in [2.24, 2.45) is 5.14 Å². The van der Waals surface area contributed by atoms with Crippen molar-refractivity contribution in [1.82, 2.24) is 10.2 Å². The Balaban J connectivity index is 2.42. The van der Waals surface area contributed by atoms with Crippen molar-refractivity contribution in [2.75, 3.05) is 0 Å². The molecule has 78 valence electrons. The normalized spacial score (nSPS) is 11.5. The van der Waals surface area contributed by atoms with Gasteiger partial charge in [0.25, 0.3) is 0 Å². The summed E-state index contributed by atoms with van der Waals surface area (Å²) in [5, 5.41) is 12.1. The lowest BCUT2D eigenvalue weighted by Crippen LogP contribution is -2.11. The molecule has 2 aromatic rings. The van der Waals surface area contributed by atoms with Gasteiger partial charge in [-0.25, -0.2) is 13.6 Å². The van der Waals surface area contributed by atoms with Gasteiger partial charge in [-0.2, -0.15) is 0 Å². The van der Waals surface area contributed by atoms with Crippen molar-refractivity contribution in [1.29, 1.82) is 0 Å². The van der Waals surface area contributed by atoms with Gasteiger partial charge in [0, 0.05) is 5.56 Å². The average Bonchev–Trinajstić information content (AvgIpc) is 2.69. The first-order valence-electron chi connectivity index (χ1n) is 3.97. The van der Waals surface area contributed by atoms with Crippen LogP contribution in [0.1, 0.15) is 0 Å². The Morgan fingerprint density at radius 1 is 1.20 bits per heavy atom. The predicted molar refractivity (Wildman–Crippen MR) is 51.1 cm³/mol. The highest BCUT2D eigenvalue weighted by Gasteiger charge is 2.08. The van der Waals surface area contributed by atoms with Gasteiger partial charge in [-0.3, -0.25) is 0 Å². The van der Waals surface area contributed by atoms with Gasteiger partial charge in [0.1, 0.15) is 0 Å². The molecule has 6 nitrogen and oxygen atoms in total. The van der Waals surface area contributed by atoms with E-state index in [4.69, 9.17) is 9.56 Å². The molecule has 0 saturated heterocycles. The highest BCUT2D eigenvalue weighted by atomic mass is 32.2. The fourth-order valence-corrected chi connectivity index (χ4v) is 1.60. The molecule has 1 aromatic heterocycles. The van der Waals surface area contributed by atoms with Crippen molar-refractivity contribution in [3.05, 3.63) is 30.7 Å². The van der Waals surface area contributed by atoms with Crippen LogP contribution in [0.25, 0.3) is 11.5 Å². The molecule has 0 aliphatic heterocycles. The summed E-state index contributed by atoms with van der Waals surface area (Å²) in [4.78, 5) is 0.0470. The minimum absolute atomic E-state index is 0.0470. The fraction of sp³-hybridized carbons (Fsp3) is 0. The molecule has 0 aliphatic carbocycles. The Labute approximate surface area is 85.8 Å². The summed E-state index contributed by atoms with van der Waals surface area (Å²) in [7, 11) is -3.66. The van der Waals surface area contributed by atoms with Crippen molar-refractivity contribution < 1.29 is 12.8 Å². The van der Waals surface area contributed by atoms with Gasteiger partial charge in [-0.1, -0.05) is 0 Å². The molecule has 0 atom stereocenters. The number of nitrogens with zero attached hydrogens (tertiary/aromatic N) is 2. The third-order valence-electron chi connectivity index (χ3n) is 1.79. The van der Waals surface area contributed by atoms with Crippen molar-refractivity contribution in [3.8, 4) is 11.5 Å². The quantitative estimate of drug-likeness (QED) is 0.796. The smallest absolute Gasteiger partial charge is 0.247 e. The lowest BCUT2D eigenvalue weighted by molar-refractivity contribution is 0.568. The first kappa shape index (κ1) is 9.81. The molecule has 0 spiro atoms. The maximum absolute atomic E-state index is 11.0. The molecule has 7 heteroatoms. The van der Waals surface area contributed by atoms with Crippen molar-refractivity contribution in [3.63, 3.8) is 0 Å². The fourth-order valence-electron chi connectivity index (χ4n) is 1.09. The molecule has 0 amide bonds. The minimum Gasteiger partial charge on any atom is -0.423 e. The number of primary sulfonamides is 1. The molecular weight excluding hydrogens is 218 g/mol. The maximum Gasteiger partial charge on any atom is 0.247 e. The Kier molecular flexibility index (Phi) is 2.25. The SMILES string of the molecule is NS(=O)(=O)c1ccc(-c2nnco2)cc1. The molecule has 0 radical (unpaired) electrons. The van der Waals surface area contributed by atoms with Crippen LogP contribution in [-0.2, 0) is 10.0 Å². The van der Waals surface area contributed by atoms with E-state index in [1.54, 1.807) is 12.1 Å². The standard InChI is InChI=1S/C8H7N3O3S/c9-15(12,13)7-3-1-6(2-4-7)8-11-10-5-14-8/h1-5H,(H2,9,12,13). The number of hydrogen-bond acceptors (Lipinski definition) is 5. The Bertz CT molecular complexity index is 545. The molecular formula is C8H7N3O3S. The number of hydrogen-bond donors (Lipinski definition) is 1. The number of nitrogens with two attached hydrogens (primary N) is 1. The number of sulfonamides is 1. The summed E-state index contributed by atoms with van der Waals surface area (Å²) < 4.78 is 26.9. The van der Waals surface area contributed by atoms with E-state index in [0.29, 0.717) is 11.5 Å². The highest BCUT2D eigenvalue weighted by molar-refractivity contribution is 7.89. The molecule has 1 aromatic carbocycles. The molecule has 15 heavy (non-hydrogen) atoms. The number of aromatic nitrogens is 2. The van der Waals surface area contributed by atoms with Crippen LogP contribution < -0.4 is 5.14 Å². The summed E-state index contributed by atoms with van der Waals surface area (Å²) in [6.45, 7) is 0. The van der Waals surface area contributed by atoms with E-state index in [1.807, 2.05) is 0 Å². The third kappa shape index (κ3) is 2.03. The molecule has 0 bridgehead atoms. The van der Waals surface area contributed by atoms with Gasteiger partial charge in [0.15, 0.2) is 0 Å². The lowest BCUT2D eigenvalue weighted by Gasteiger charge is -1.98. The molecule has 2 rings (SSSR count). The summed E-state index contributed by atoms with van der Waals surface area (Å²) in [5.41, 5.74) is 0.639. The second-order valence-corrected chi connectivity index (χ2v) is 4.37. The summed E-state index contributed by atoms with van der Waals surface area (Å²) in [6.07, 6.45) is 1.20. The molecule has 0 fully saturated rings. The largest absolute Gasteiger partial charge is 0.423 e. The number of benzene rings is 1. The second-order valence-electron chi connectivity index (χ2n) is 2.81. The highest BCUT2D eigenvalue weighted by Crippen LogP contribution is 2.17. The molecule has 1 heterocycles. The van der Waals surface area contributed by atoms with Crippen LogP contribution in [0.3, 0.4) is 0 Å². The van der Waals surface area contributed by atoms with Crippen LogP contribution in [0.4, 0.5) is 0 Å². The monoisotopic (exact) mass is 225 g/mol. The second kappa shape index (κ2) is 3.44. The first-order chi connectivity index (χ1) is 7.07. The van der Waals surface area contributed by atoms with Gasteiger partial charge in [0.05, 0.1) is 4.90 Å². The van der Waals surface area contributed by atoms with Crippen LogP contribution in [0.15, 0.2) is 40.0 Å². The van der Waals surface area contributed by atoms with Crippen LogP contribution >= 0.6 is 0 Å². The zero-order valence-corrected chi connectivity index (χ0v) is 8.31. The van der Waals surface area contributed by atoms with E-state index in [2.05, 4.69) is 10.2 Å². The average molecular weight is 225 g/mol. The van der Waals surface area contributed by atoms with E-state index in [0.717, 1.165) is 0 Å². The van der Waals surface area contributed by atoms with E-state index in [9.17, 15) is 8.42 Å². The topological polar surface area (TPSA) is 99.1 Å². The molecule has 0 unspecified atom stereocenters. The summed E-state index contributed by atoms with van der Waals surface area (Å²) >= 11 is 0. The summed E-state index contributed by atoms with van der Waals surface area (Å²) in [6, 6.07) is 5.87. The van der Waals surface area contributed by atoms with Crippen LogP contribution in [0, 0.1) is 0 Å². The van der Waals surface area contributed by atoms with Gasteiger partial charge in [-0.15, -0.1) is 10.2 Å². The van der Waals surface area contributed by atoms with Crippen molar-refractivity contribution >= 4 is 10.0 Å². The van der Waals surface area contributed by atoms with E-state index >= 15 is 0 Å². The van der Waals surface area contributed by atoms with E-state index in [1.165, 1.54) is 18.5 Å². The zero-order chi connectivity index (χ0) is 10.9. The van der Waals surface area contributed by atoms with Gasteiger partial charge < -0.3 is 4.42 Å².